The van der Waals surface area contributed by atoms with Gasteiger partial charge in [-0.1, -0.05) is 18.6 Å². The van der Waals surface area contributed by atoms with Gasteiger partial charge in [-0.3, -0.25) is 4.79 Å². The lowest BCUT2D eigenvalue weighted by Gasteiger charge is -2.24. The highest BCUT2D eigenvalue weighted by Crippen LogP contribution is 2.36. The van der Waals surface area contributed by atoms with Gasteiger partial charge in [0.1, 0.15) is 17.2 Å². The molecule has 61 heavy (non-hydrogen) atoms. The smallest absolute Gasteiger partial charge is 0.306 e. The molecule has 0 amide bonds. The van der Waals surface area contributed by atoms with Crippen LogP contribution < -0.4 is 25.8 Å². The van der Waals surface area contributed by atoms with Gasteiger partial charge in [-0.2, -0.15) is 0 Å². The van der Waals surface area contributed by atoms with Crippen molar-refractivity contribution in [3.8, 4) is 33.8 Å². The first kappa shape index (κ1) is 43.0. The zero-order valence-electron chi connectivity index (χ0n) is 34.7. The molecule has 4 N–H and O–H groups in total. The fourth-order valence-corrected chi connectivity index (χ4v) is 8.00. The maximum absolute atomic E-state index is 14.7. The number of halogens is 4. The van der Waals surface area contributed by atoms with Gasteiger partial charge in [-0.25, -0.2) is 37.5 Å². The fourth-order valence-electron chi connectivity index (χ4n) is 8.00. The van der Waals surface area contributed by atoms with E-state index in [1.165, 1.54) is 38.5 Å². The molecule has 2 fully saturated rings. The van der Waals surface area contributed by atoms with E-state index in [-0.39, 0.29) is 52.6 Å². The molecule has 6 aromatic rings. The second-order valence-electron chi connectivity index (χ2n) is 16.4. The maximum atomic E-state index is 14.7. The van der Waals surface area contributed by atoms with Crippen molar-refractivity contribution in [2.75, 3.05) is 24.9 Å². The Bertz CT molecular complexity index is 2550. The van der Waals surface area contributed by atoms with Crippen molar-refractivity contribution >= 4 is 39.7 Å². The molecule has 15 heteroatoms. The molecule has 4 atom stereocenters. The summed E-state index contributed by atoms with van der Waals surface area (Å²) in [6.45, 7) is 5.59. The number of nitrogens with zero attached hydrogens (tertiary/aromatic N) is 4. The van der Waals surface area contributed by atoms with Crippen molar-refractivity contribution in [2.24, 2.45) is 11.7 Å². The number of anilines is 2. The summed E-state index contributed by atoms with van der Waals surface area (Å²) < 4.78 is 73.3. The van der Waals surface area contributed by atoms with E-state index in [1.54, 1.807) is 48.8 Å². The Hall–Kier alpha value is -6.09. The standard InChI is InChI=1S/C26H29F2N3O3.C20H20F2N4O/c1-26(2,3)34-22(32)13-15-6-5-7-19(15)30-25-29-14-17-12-16(8-10-20(17)31-25)23-18(27)9-11-21(33-4)24(23)28;1-27-17-8-6-13(21)18(19(17)22)11-5-7-15-12(9-11)10-24-20(25-15)26-16-4-2-3-14(16)23/h8-12,14-15,19H,5-7,13H2,1-4H3,(H,29,30,31);5-10,14,16H,2-4,23H2,1H3,(H,24,25,26)/t15-,19-;14-,16+/m10/s1. The summed E-state index contributed by atoms with van der Waals surface area (Å²) in [6.07, 6.45) is 9.57. The molecule has 8 rings (SSSR count). The third-order valence-electron chi connectivity index (χ3n) is 11.0. The first-order valence-corrected chi connectivity index (χ1v) is 20.3. The molecule has 2 heterocycles. The Morgan fingerprint density at radius 1 is 0.705 bits per heavy atom. The number of rotatable bonds is 10. The van der Waals surface area contributed by atoms with Crippen LogP contribution in [0.2, 0.25) is 0 Å². The van der Waals surface area contributed by atoms with Crippen LogP contribution in [-0.4, -0.2) is 63.9 Å². The second-order valence-corrected chi connectivity index (χ2v) is 16.4. The lowest BCUT2D eigenvalue weighted by Crippen LogP contribution is -2.35. The first-order valence-electron chi connectivity index (χ1n) is 20.3. The summed E-state index contributed by atoms with van der Waals surface area (Å²) in [5.41, 5.74) is 7.40. The molecule has 2 aliphatic carbocycles. The second kappa shape index (κ2) is 18.3. The van der Waals surface area contributed by atoms with Gasteiger partial charge in [0.2, 0.25) is 11.9 Å². The van der Waals surface area contributed by atoms with Crippen molar-refractivity contribution in [2.45, 2.75) is 89.4 Å². The van der Waals surface area contributed by atoms with Gasteiger partial charge in [0, 0.05) is 41.3 Å². The summed E-state index contributed by atoms with van der Waals surface area (Å²) in [7, 11) is 2.68. The average molecular weight is 840 g/mol. The van der Waals surface area contributed by atoms with Crippen LogP contribution in [0.15, 0.2) is 73.1 Å². The highest BCUT2D eigenvalue weighted by Gasteiger charge is 2.31. The van der Waals surface area contributed by atoms with Gasteiger partial charge in [-0.05, 0) is 118 Å². The number of benzene rings is 4. The molecule has 11 nitrogen and oxygen atoms in total. The Morgan fingerprint density at radius 2 is 1.20 bits per heavy atom. The number of esters is 1. The molecule has 0 aliphatic heterocycles. The summed E-state index contributed by atoms with van der Waals surface area (Å²) in [5.74, 6) is -1.91. The predicted molar refractivity (Wildman–Crippen MR) is 227 cm³/mol. The SMILES string of the molecule is COc1ccc(F)c(-c2ccc3nc(N[C@@H]4CCC[C@@H]4CC(=O)OC(C)(C)C)ncc3c2)c1F.COc1ccc(F)c(-c2ccc3nc(N[C@@H]4CCC[C@@H]4N)ncc3c2)c1F. The number of carbonyl (C=O) groups is 1. The van der Waals surface area contributed by atoms with Gasteiger partial charge in [0.25, 0.3) is 0 Å². The number of nitrogens with two attached hydrogens (primary N) is 1. The average Bonchev–Trinajstić information content (AvgIpc) is 3.84. The zero-order chi connectivity index (χ0) is 43.4. The number of hydrogen-bond donors (Lipinski definition) is 3. The summed E-state index contributed by atoms with van der Waals surface area (Å²) in [6, 6.07) is 15.3. The monoisotopic (exact) mass is 839 g/mol. The molecule has 2 aliphatic rings. The quantitative estimate of drug-likeness (QED) is 0.0895. The first-order chi connectivity index (χ1) is 29.2. The topological polar surface area (TPSA) is 146 Å². The van der Waals surface area contributed by atoms with Crippen LogP contribution in [0.5, 0.6) is 11.5 Å². The lowest BCUT2D eigenvalue weighted by molar-refractivity contribution is -0.156. The van der Waals surface area contributed by atoms with Crippen LogP contribution in [0.25, 0.3) is 44.1 Å². The lowest BCUT2D eigenvalue weighted by atomic mass is 9.99. The minimum Gasteiger partial charge on any atom is -0.494 e. The largest absolute Gasteiger partial charge is 0.494 e. The number of aromatic nitrogens is 4. The van der Waals surface area contributed by atoms with Gasteiger partial charge >= 0.3 is 5.97 Å². The van der Waals surface area contributed by atoms with Crippen molar-refractivity contribution in [1.82, 2.24) is 19.9 Å². The third kappa shape index (κ3) is 9.94. The Labute approximate surface area is 351 Å². The Balaban J connectivity index is 0.000000189. The predicted octanol–water partition coefficient (Wildman–Crippen LogP) is 9.77. The van der Waals surface area contributed by atoms with Crippen molar-refractivity contribution in [3.63, 3.8) is 0 Å². The van der Waals surface area contributed by atoms with Crippen LogP contribution in [0.3, 0.4) is 0 Å². The minimum absolute atomic E-state index is 0.00445. The van der Waals surface area contributed by atoms with Crippen LogP contribution in [0.1, 0.15) is 65.7 Å². The molecule has 0 bridgehead atoms. The maximum Gasteiger partial charge on any atom is 0.306 e. The van der Waals surface area contributed by atoms with E-state index in [0.29, 0.717) is 51.3 Å². The van der Waals surface area contributed by atoms with Crippen LogP contribution in [0, 0.1) is 29.2 Å². The van der Waals surface area contributed by atoms with Crippen LogP contribution in [-0.2, 0) is 9.53 Å². The minimum atomic E-state index is -0.752. The van der Waals surface area contributed by atoms with Gasteiger partial charge in [0.05, 0.1) is 42.8 Å². The van der Waals surface area contributed by atoms with E-state index in [0.717, 1.165) is 38.5 Å². The fraction of sp³-hybridized carbons (Fsp3) is 0.370. The molecule has 2 saturated carbocycles. The van der Waals surface area contributed by atoms with Gasteiger partial charge in [0.15, 0.2) is 23.1 Å². The summed E-state index contributed by atoms with van der Waals surface area (Å²) in [5, 5.41) is 7.99. The van der Waals surface area contributed by atoms with Crippen molar-refractivity contribution in [1.29, 1.82) is 0 Å². The third-order valence-corrected chi connectivity index (χ3v) is 11.0. The normalized spacial score (nSPS) is 18.7. The van der Waals surface area contributed by atoms with E-state index in [4.69, 9.17) is 19.9 Å². The van der Waals surface area contributed by atoms with E-state index < -0.39 is 28.9 Å². The van der Waals surface area contributed by atoms with E-state index in [2.05, 4.69) is 30.6 Å². The van der Waals surface area contributed by atoms with Crippen molar-refractivity contribution in [3.05, 3.63) is 96.3 Å². The number of carbonyl (C=O) groups excluding carboxylic acids is 1. The molecular weight excluding hydrogens is 791 g/mol. The number of methoxy groups -OCH3 is 2. The molecule has 0 saturated heterocycles. The number of ether oxygens (including phenoxy) is 3. The number of hydrogen-bond acceptors (Lipinski definition) is 11. The molecule has 2 aromatic heterocycles. The van der Waals surface area contributed by atoms with E-state index in [1.807, 2.05) is 20.8 Å². The Morgan fingerprint density at radius 3 is 1.67 bits per heavy atom. The highest BCUT2D eigenvalue weighted by atomic mass is 19.1. The number of nitrogens with one attached hydrogen (secondary N) is 2. The highest BCUT2D eigenvalue weighted by molar-refractivity contribution is 5.86. The zero-order valence-corrected chi connectivity index (χ0v) is 34.7. The molecular formula is C46H49F4N7O4. The van der Waals surface area contributed by atoms with E-state index >= 15 is 0 Å². The van der Waals surface area contributed by atoms with E-state index in [9.17, 15) is 22.4 Å². The summed E-state index contributed by atoms with van der Waals surface area (Å²) in [4.78, 5) is 30.1. The molecule has 4 aromatic carbocycles. The van der Waals surface area contributed by atoms with Gasteiger partial charge in [-0.15, -0.1) is 0 Å². The Kier molecular flexibility index (Phi) is 12.9. The molecule has 0 radical (unpaired) electrons. The van der Waals surface area contributed by atoms with Gasteiger partial charge < -0.3 is 30.6 Å². The number of fused-ring (bicyclic) bond motifs is 2. The van der Waals surface area contributed by atoms with Crippen LogP contribution in [0.4, 0.5) is 29.5 Å². The summed E-state index contributed by atoms with van der Waals surface area (Å²) >= 11 is 0. The van der Waals surface area contributed by atoms with Crippen LogP contribution >= 0.6 is 0 Å². The molecule has 320 valence electrons. The van der Waals surface area contributed by atoms with Crippen molar-refractivity contribution < 1.29 is 36.6 Å². The molecule has 0 spiro atoms. The molecule has 0 unspecified atom stereocenters.